The molecule has 0 aromatic heterocycles. The van der Waals surface area contributed by atoms with Crippen LogP contribution in [0.3, 0.4) is 0 Å². The molecule has 6 atom stereocenters. The van der Waals surface area contributed by atoms with Crippen molar-refractivity contribution in [2.45, 2.75) is 120 Å². The van der Waals surface area contributed by atoms with Gasteiger partial charge in [-0.1, -0.05) is 92.4 Å². The maximum absolute atomic E-state index is 4.48. The first-order valence-electron chi connectivity index (χ1n) is 13.1. The minimum absolute atomic E-state index is 0.302. The van der Waals surface area contributed by atoms with Gasteiger partial charge in [0, 0.05) is 0 Å². The van der Waals surface area contributed by atoms with Crippen LogP contribution >= 0.6 is 0 Å². The van der Waals surface area contributed by atoms with Gasteiger partial charge in [-0.05, 0) is 92.3 Å². The van der Waals surface area contributed by atoms with Crippen molar-refractivity contribution in [3.63, 3.8) is 0 Å². The number of hydrogen-bond donors (Lipinski definition) is 0. The van der Waals surface area contributed by atoms with Crippen molar-refractivity contribution < 1.29 is 0 Å². The Balaban J connectivity index is 2.58. The normalized spacial score (nSPS) is 28.5. The fourth-order valence-corrected chi connectivity index (χ4v) is 6.39. The highest BCUT2D eigenvalue weighted by Gasteiger charge is 2.38. The first-order valence-corrected chi connectivity index (χ1v) is 13.1. The van der Waals surface area contributed by atoms with E-state index in [4.69, 9.17) is 0 Å². The molecule has 0 heterocycles. The predicted octanol–water partition coefficient (Wildman–Crippen LogP) is 10.1. The fourth-order valence-electron chi connectivity index (χ4n) is 6.39. The third-order valence-corrected chi connectivity index (χ3v) is 8.31. The Bertz CT molecular complexity index is 522. The van der Waals surface area contributed by atoms with E-state index in [0.29, 0.717) is 5.41 Å². The van der Waals surface area contributed by atoms with Crippen molar-refractivity contribution >= 4 is 0 Å². The molecule has 0 nitrogen and oxygen atoms in total. The van der Waals surface area contributed by atoms with E-state index >= 15 is 0 Å². The standard InChI is InChI=1S/C30H56/c1-21(2)13-12-14-23(5)17-29-18-28(26(8)25(7)27(29)9)16-15-24(6)20-30(10,11)19-22(3)4/h21,23,25-29H,3,6,12-20H2,1-2,4-5,7-11H3. The van der Waals surface area contributed by atoms with Gasteiger partial charge in [-0.25, -0.2) is 0 Å². The SMILES string of the molecule is C=C(C)CC(C)(C)CC(=C)CCC1CC(CC(C)CCCC(C)C)C(C)C(C)C1C. The lowest BCUT2D eigenvalue weighted by molar-refractivity contribution is 0.0492. The Hall–Kier alpha value is -0.520. The van der Waals surface area contributed by atoms with Crippen LogP contribution in [0.5, 0.6) is 0 Å². The second-order valence-corrected chi connectivity index (χ2v) is 12.8. The molecule has 6 unspecified atom stereocenters. The molecule has 0 spiro atoms. The van der Waals surface area contributed by atoms with E-state index in [1.807, 2.05) is 0 Å². The zero-order valence-electron chi connectivity index (χ0n) is 22.3. The monoisotopic (exact) mass is 416 g/mol. The summed E-state index contributed by atoms with van der Waals surface area (Å²) in [6.45, 7) is 30.3. The molecule has 0 saturated heterocycles. The molecule has 0 bridgehead atoms. The highest BCUT2D eigenvalue weighted by atomic mass is 14.4. The molecule has 0 aromatic rings. The molecule has 0 heteroatoms. The summed E-state index contributed by atoms with van der Waals surface area (Å²) in [7, 11) is 0. The van der Waals surface area contributed by atoms with E-state index in [9.17, 15) is 0 Å². The van der Waals surface area contributed by atoms with Gasteiger partial charge in [0.15, 0.2) is 0 Å². The highest BCUT2D eigenvalue weighted by molar-refractivity contribution is 5.03. The van der Waals surface area contributed by atoms with Crippen LogP contribution in [-0.4, -0.2) is 0 Å². The summed E-state index contributed by atoms with van der Waals surface area (Å²) in [5.41, 5.74) is 3.05. The van der Waals surface area contributed by atoms with Crippen molar-refractivity contribution in [3.05, 3.63) is 24.3 Å². The maximum atomic E-state index is 4.48. The van der Waals surface area contributed by atoms with Crippen LogP contribution in [0.2, 0.25) is 0 Å². The maximum Gasteiger partial charge on any atom is -0.0268 e. The number of hydrogen-bond acceptors (Lipinski definition) is 0. The second-order valence-electron chi connectivity index (χ2n) is 12.8. The predicted molar refractivity (Wildman–Crippen MR) is 138 cm³/mol. The topological polar surface area (TPSA) is 0 Å². The van der Waals surface area contributed by atoms with E-state index < -0.39 is 0 Å². The molecule has 1 aliphatic rings. The van der Waals surface area contributed by atoms with Gasteiger partial charge in [0.05, 0.1) is 0 Å². The van der Waals surface area contributed by atoms with Gasteiger partial charge in [0.25, 0.3) is 0 Å². The minimum atomic E-state index is 0.302. The van der Waals surface area contributed by atoms with Gasteiger partial charge >= 0.3 is 0 Å². The molecule has 0 amide bonds. The minimum Gasteiger partial charge on any atom is -0.100 e. The van der Waals surface area contributed by atoms with Crippen LogP contribution in [-0.2, 0) is 0 Å². The lowest BCUT2D eigenvalue weighted by Crippen LogP contribution is -2.37. The molecule has 30 heavy (non-hydrogen) atoms. The molecular formula is C30H56. The first-order chi connectivity index (χ1) is 13.8. The summed E-state index contributed by atoms with van der Waals surface area (Å²) < 4.78 is 0. The van der Waals surface area contributed by atoms with E-state index in [-0.39, 0.29) is 0 Å². The van der Waals surface area contributed by atoms with E-state index in [1.54, 1.807) is 0 Å². The van der Waals surface area contributed by atoms with Crippen LogP contribution in [0.4, 0.5) is 0 Å². The van der Waals surface area contributed by atoms with Gasteiger partial charge in [0.1, 0.15) is 0 Å². The molecule has 0 aliphatic heterocycles. The van der Waals surface area contributed by atoms with Crippen molar-refractivity contribution in [1.29, 1.82) is 0 Å². The molecule has 0 radical (unpaired) electrons. The molecule has 0 aromatic carbocycles. The Morgan fingerprint density at radius 2 is 1.50 bits per heavy atom. The Kier molecular flexibility index (Phi) is 11.5. The van der Waals surface area contributed by atoms with E-state index in [0.717, 1.165) is 54.3 Å². The molecule has 0 N–H and O–H groups in total. The van der Waals surface area contributed by atoms with Crippen LogP contribution in [0.1, 0.15) is 120 Å². The summed E-state index contributed by atoms with van der Waals surface area (Å²) in [6, 6.07) is 0. The Labute approximate surface area is 191 Å². The smallest absolute Gasteiger partial charge is 0.0268 e. The number of rotatable bonds is 13. The Morgan fingerprint density at radius 3 is 2.07 bits per heavy atom. The van der Waals surface area contributed by atoms with Gasteiger partial charge in [-0.2, -0.15) is 0 Å². The average molecular weight is 417 g/mol. The second kappa shape index (κ2) is 12.5. The van der Waals surface area contributed by atoms with Gasteiger partial charge in [-0.3, -0.25) is 0 Å². The molecule has 1 saturated carbocycles. The van der Waals surface area contributed by atoms with Crippen LogP contribution in [0, 0.1) is 46.8 Å². The van der Waals surface area contributed by atoms with Crippen molar-refractivity contribution in [2.24, 2.45) is 46.8 Å². The third kappa shape index (κ3) is 9.74. The van der Waals surface area contributed by atoms with Crippen molar-refractivity contribution in [3.8, 4) is 0 Å². The molecule has 176 valence electrons. The quantitative estimate of drug-likeness (QED) is 0.262. The van der Waals surface area contributed by atoms with Gasteiger partial charge < -0.3 is 0 Å². The molecule has 1 rings (SSSR count). The highest BCUT2D eigenvalue weighted by Crippen LogP contribution is 2.47. The van der Waals surface area contributed by atoms with E-state index in [2.05, 4.69) is 75.5 Å². The fraction of sp³-hybridized carbons (Fsp3) is 0.867. The lowest BCUT2D eigenvalue weighted by atomic mass is 9.61. The van der Waals surface area contributed by atoms with E-state index in [1.165, 1.54) is 56.1 Å². The largest absolute Gasteiger partial charge is 0.100 e. The van der Waals surface area contributed by atoms with Crippen molar-refractivity contribution in [1.82, 2.24) is 0 Å². The summed E-state index contributed by atoms with van der Waals surface area (Å²) in [5.74, 6) is 6.11. The summed E-state index contributed by atoms with van der Waals surface area (Å²) in [5, 5.41) is 0. The van der Waals surface area contributed by atoms with Crippen LogP contribution in [0.25, 0.3) is 0 Å². The lowest BCUT2D eigenvalue weighted by Gasteiger charge is -2.45. The van der Waals surface area contributed by atoms with Crippen LogP contribution < -0.4 is 0 Å². The summed E-state index contributed by atoms with van der Waals surface area (Å²) >= 11 is 0. The average Bonchev–Trinajstić information content (AvgIpc) is 2.59. The molecule has 1 aliphatic carbocycles. The van der Waals surface area contributed by atoms with Gasteiger partial charge in [0.2, 0.25) is 0 Å². The Morgan fingerprint density at radius 1 is 0.900 bits per heavy atom. The van der Waals surface area contributed by atoms with Gasteiger partial charge in [-0.15, -0.1) is 6.58 Å². The first kappa shape index (κ1) is 27.5. The molecule has 1 fully saturated rings. The molecular weight excluding hydrogens is 360 g/mol. The number of allylic oxidation sites excluding steroid dienone is 2. The van der Waals surface area contributed by atoms with Crippen LogP contribution in [0.15, 0.2) is 24.3 Å². The third-order valence-electron chi connectivity index (χ3n) is 8.31. The summed E-state index contributed by atoms with van der Waals surface area (Å²) in [4.78, 5) is 0. The summed E-state index contributed by atoms with van der Waals surface area (Å²) in [6.07, 6.45) is 11.9. The zero-order valence-corrected chi connectivity index (χ0v) is 22.3. The zero-order chi connectivity index (χ0) is 23.1. The van der Waals surface area contributed by atoms with Crippen molar-refractivity contribution in [2.75, 3.05) is 0 Å².